The van der Waals surface area contributed by atoms with E-state index in [2.05, 4.69) is 15.2 Å². The normalized spacial score (nSPS) is 10.5. The molecule has 2 rings (SSSR count). The van der Waals surface area contributed by atoms with E-state index in [1.807, 2.05) is 0 Å². The third-order valence-corrected chi connectivity index (χ3v) is 2.46. The highest BCUT2D eigenvalue weighted by Crippen LogP contribution is 2.13. The van der Waals surface area contributed by atoms with Gasteiger partial charge in [-0.15, -0.1) is 0 Å². The van der Waals surface area contributed by atoms with Gasteiger partial charge in [0.1, 0.15) is 5.82 Å². The molecule has 7 heteroatoms. The number of nitrogens with zero attached hydrogens (tertiary/aromatic N) is 3. The minimum atomic E-state index is -0.419. The standard InChI is InChI=1S/C11H13N5O2/c12-6-5-10-13-11(15-14-10)7-8-1-3-9(4-2-8)16(17)18/h1-4H,5-7,12H2,(H,13,14,15). The fraction of sp³-hybridized carbons (Fsp3) is 0.273. The molecule has 1 aromatic carbocycles. The molecule has 2 aromatic rings. The largest absolute Gasteiger partial charge is 0.330 e. The molecular formula is C11H13N5O2. The molecule has 0 saturated heterocycles. The second-order valence-electron chi connectivity index (χ2n) is 3.84. The third kappa shape index (κ3) is 2.89. The Kier molecular flexibility index (Phi) is 3.63. The highest BCUT2D eigenvalue weighted by molar-refractivity contribution is 5.33. The quantitative estimate of drug-likeness (QED) is 0.599. The zero-order valence-electron chi connectivity index (χ0n) is 9.67. The second kappa shape index (κ2) is 5.37. The molecule has 0 amide bonds. The summed E-state index contributed by atoms with van der Waals surface area (Å²) in [5.41, 5.74) is 6.43. The Balaban J connectivity index is 2.06. The molecule has 7 nitrogen and oxygen atoms in total. The Morgan fingerprint density at radius 2 is 2.06 bits per heavy atom. The average molecular weight is 247 g/mol. The lowest BCUT2D eigenvalue weighted by molar-refractivity contribution is -0.384. The van der Waals surface area contributed by atoms with Gasteiger partial charge in [0.2, 0.25) is 0 Å². The number of nitrogens with one attached hydrogen (secondary N) is 1. The third-order valence-electron chi connectivity index (χ3n) is 2.46. The van der Waals surface area contributed by atoms with Crippen LogP contribution in [0, 0.1) is 10.1 Å². The zero-order chi connectivity index (χ0) is 13.0. The molecule has 0 spiro atoms. The van der Waals surface area contributed by atoms with Crippen LogP contribution in [-0.2, 0) is 12.8 Å². The van der Waals surface area contributed by atoms with Crippen LogP contribution < -0.4 is 5.73 Å². The monoisotopic (exact) mass is 247 g/mol. The number of aromatic nitrogens is 3. The Morgan fingerprint density at radius 3 is 2.67 bits per heavy atom. The smallest absolute Gasteiger partial charge is 0.269 e. The molecule has 0 bridgehead atoms. The van der Waals surface area contributed by atoms with E-state index in [1.165, 1.54) is 12.1 Å². The van der Waals surface area contributed by atoms with Crippen molar-refractivity contribution in [2.24, 2.45) is 5.73 Å². The van der Waals surface area contributed by atoms with Crippen molar-refractivity contribution >= 4 is 5.69 Å². The number of rotatable bonds is 5. The van der Waals surface area contributed by atoms with Gasteiger partial charge in [0.15, 0.2) is 5.82 Å². The number of hydrogen-bond acceptors (Lipinski definition) is 5. The number of nitro benzene ring substituents is 1. The Morgan fingerprint density at radius 1 is 1.33 bits per heavy atom. The van der Waals surface area contributed by atoms with Gasteiger partial charge in [0.25, 0.3) is 5.69 Å². The molecule has 3 N–H and O–H groups in total. The molecular weight excluding hydrogens is 234 g/mol. The van der Waals surface area contributed by atoms with Crippen LogP contribution in [0.15, 0.2) is 24.3 Å². The Hall–Kier alpha value is -2.28. The van der Waals surface area contributed by atoms with Gasteiger partial charge < -0.3 is 5.73 Å². The summed E-state index contributed by atoms with van der Waals surface area (Å²) < 4.78 is 0. The first-order valence-electron chi connectivity index (χ1n) is 5.52. The van der Waals surface area contributed by atoms with Crippen LogP contribution in [0.1, 0.15) is 17.2 Å². The molecule has 1 heterocycles. The molecule has 0 aliphatic heterocycles. The van der Waals surface area contributed by atoms with E-state index in [4.69, 9.17) is 5.73 Å². The molecule has 0 saturated carbocycles. The van der Waals surface area contributed by atoms with E-state index in [1.54, 1.807) is 12.1 Å². The van der Waals surface area contributed by atoms with Gasteiger partial charge in [-0.3, -0.25) is 15.2 Å². The summed E-state index contributed by atoms with van der Waals surface area (Å²) in [7, 11) is 0. The number of non-ortho nitro benzene ring substituents is 1. The van der Waals surface area contributed by atoms with Crippen LogP contribution >= 0.6 is 0 Å². The summed E-state index contributed by atoms with van der Waals surface area (Å²) in [5, 5.41) is 17.4. The first kappa shape index (κ1) is 12.2. The molecule has 0 unspecified atom stereocenters. The number of nitrogens with two attached hydrogens (primary N) is 1. The maximum atomic E-state index is 10.5. The fourth-order valence-electron chi connectivity index (χ4n) is 1.58. The molecule has 0 atom stereocenters. The summed E-state index contributed by atoms with van der Waals surface area (Å²) in [6.45, 7) is 0.509. The van der Waals surface area contributed by atoms with Crippen LogP contribution in [0.3, 0.4) is 0 Å². The van der Waals surface area contributed by atoms with Crippen molar-refractivity contribution in [3.8, 4) is 0 Å². The minimum absolute atomic E-state index is 0.0835. The summed E-state index contributed by atoms with van der Waals surface area (Å²) in [6.07, 6.45) is 1.20. The lowest BCUT2D eigenvalue weighted by Gasteiger charge is -1.97. The molecule has 0 fully saturated rings. The Labute approximate surface area is 103 Å². The van der Waals surface area contributed by atoms with E-state index in [9.17, 15) is 10.1 Å². The first-order chi connectivity index (χ1) is 8.69. The Bertz CT molecular complexity index is 535. The van der Waals surface area contributed by atoms with E-state index >= 15 is 0 Å². The average Bonchev–Trinajstić information content (AvgIpc) is 2.78. The predicted molar refractivity (Wildman–Crippen MR) is 65.0 cm³/mol. The predicted octanol–water partition coefficient (Wildman–Crippen LogP) is 0.805. The van der Waals surface area contributed by atoms with E-state index in [-0.39, 0.29) is 5.69 Å². The summed E-state index contributed by atoms with van der Waals surface area (Å²) in [5.74, 6) is 1.42. The van der Waals surface area contributed by atoms with Gasteiger partial charge in [0.05, 0.1) is 4.92 Å². The van der Waals surface area contributed by atoms with Gasteiger partial charge in [-0.05, 0) is 12.1 Å². The lowest BCUT2D eigenvalue weighted by Crippen LogP contribution is -2.04. The van der Waals surface area contributed by atoms with Gasteiger partial charge in [-0.1, -0.05) is 12.1 Å². The van der Waals surface area contributed by atoms with E-state index in [0.717, 1.165) is 11.4 Å². The second-order valence-corrected chi connectivity index (χ2v) is 3.84. The first-order valence-corrected chi connectivity index (χ1v) is 5.52. The van der Waals surface area contributed by atoms with Gasteiger partial charge >= 0.3 is 0 Å². The van der Waals surface area contributed by atoms with Gasteiger partial charge in [0, 0.05) is 25.0 Å². The van der Waals surface area contributed by atoms with Crippen molar-refractivity contribution in [3.05, 3.63) is 51.6 Å². The molecule has 94 valence electrons. The van der Waals surface area contributed by atoms with Crippen molar-refractivity contribution in [3.63, 3.8) is 0 Å². The van der Waals surface area contributed by atoms with Gasteiger partial charge in [-0.25, -0.2) is 4.98 Å². The summed E-state index contributed by atoms with van der Waals surface area (Å²) in [4.78, 5) is 14.4. The topological polar surface area (TPSA) is 111 Å². The molecule has 0 aliphatic rings. The van der Waals surface area contributed by atoms with Crippen molar-refractivity contribution in [2.75, 3.05) is 6.54 Å². The van der Waals surface area contributed by atoms with Crippen LogP contribution in [0.5, 0.6) is 0 Å². The molecule has 0 aliphatic carbocycles. The fourth-order valence-corrected chi connectivity index (χ4v) is 1.58. The van der Waals surface area contributed by atoms with Crippen LogP contribution in [0.2, 0.25) is 0 Å². The highest BCUT2D eigenvalue weighted by atomic mass is 16.6. The maximum Gasteiger partial charge on any atom is 0.269 e. The van der Waals surface area contributed by atoms with Crippen LogP contribution in [-0.4, -0.2) is 26.6 Å². The van der Waals surface area contributed by atoms with Crippen molar-refractivity contribution in [2.45, 2.75) is 12.8 Å². The van der Waals surface area contributed by atoms with E-state index < -0.39 is 4.92 Å². The lowest BCUT2D eigenvalue weighted by atomic mass is 10.1. The zero-order valence-corrected chi connectivity index (χ0v) is 9.67. The van der Waals surface area contributed by atoms with E-state index in [0.29, 0.717) is 25.2 Å². The molecule has 1 aromatic heterocycles. The summed E-state index contributed by atoms with van der Waals surface area (Å²) in [6, 6.07) is 6.38. The van der Waals surface area contributed by atoms with Crippen LogP contribution in [0.25, 0.3) is 0 Å². The number of H-pyrrole nitrogens is 1. The van der Waals surface area contributed by atoms with Crippen molar-refractivity contribution in [1.29, 1.82) is 0 Å². The molecule has 18 heavy (non-hydrogen) atoms. The highest BCUT2D eigenvalue weighted by Gasteiger charge is 2.06. The number of nitro groups is 1. The van der Waals surface area contributed by atoms with Crippen molar-refractivity contribution in [1.82, 2.24) is 15.2 Å². The number of benzene rings is 1. The molecule has 0 radical (unpaired) electrons. The summed E-state index contributed by atoms with van der Waals surface area (Å²) >= 11 is 0. The van der Waals surface area contributed by atoms with Crippen LogP contribution in [0.4, 0.5) is 5.69 Å². The number of hydrogen-bond donors (Lipinski definition) is 2. The SMILES string of the molecule is NCCc1n[nH]c(Cc2ccc([N+](=O)[O-])cc2)n1. The van der Waals surface area contributed by atoms with Crippen molar-refractivity contribution < 1.29 is 4.92 Å². The van der Waals surface area contributed by atoms with Gasteiger partial charge in [-0.2, -0.15) is 5.10 Å². The minimum Gasteiger partial charge on any atom is -0.330 e. The maximum absolute atomic E-state index is 10.5. The number of aromatic amines is 1.